The maximum atomic E-state index is 13.8. The molecule has 1 heterocycles. The molecule has 0 aliphatic carbocycles. The highest BCUT2D eigenvalue weighted by Crippen LogP contribution is 2.38. The Kier molecular flexibility index (Phi) is 11.4. The Morgan fingerprint density at radius 3 is 2.36 bits per heavy atom. The van der Waals surface area contributed by atoms with Crippen molar-refractivity contribution in [2.45, 2.75) is 43.8 Å². The molecular weight excluding hydrogens is 607 g/mol. The van der Waals surface area contributed by atoms with E-state index in [4.69, 9.17) is 10.5 Å². The number of piperidine rings is 1. The lowest BCUT2D eigenvalue weighted by atomic mass is 9.98. The smallest absolute Gasteiger partial charge is 0.410 e. The number of nitrogens with one attached hydrogen (secondary N) is 2. The van der Waals surface area contributed by atoms with Gasteiger partial charge in [0.05, 0.1) is 5.49 Å². The van der Waals surface area contributed by atoms with Crippen molar-refractivity contribution >= 4 is 53.9 Å². The second-order valence-corrected chi connectivity index (χ2v) is 13.6. The lowest BCUT2D eigenvalue weighted by molar-refractivity contribution is -0.144. The van der Waals surface area contributed by atoms with Gasteiger partial charge in [-0.3, -0.25) is 18.9 Å². The predicted molar refractivity (Wildman–Crippen MR) is 167 cm³/mol. The van der Waals surface area contributed by atoms with E-state index in [0.717, 1.165) is 28.1 Å². The quantitative estimate of drug-likeness (QED) is 0.185. The number of hydrogen-bond acceptors (Lipinski definition) is 7. The molecule has 1 aliphatic heterocycles. The zero-order valence-electron chi connectivity index (χ0n) is 23.8. The number of ether oxygens (including phenoxy) is 1. The summed E-state index contributed by atoms with van der Waals surface area (Å²) < 4.78 is 16.7. The number of likely N-dealkylation sites (tertiary alicyclic amines) is 1. The molecule has 0 saturated carbocycles. The number of carbonyl (C=O) groups is 4. The first-order chi connectivity index (χ1) is 21.0. The van der Waals surface area contributed by atoms with Gasteiger partial charge in [-0.25, -0.2) is 4.79 Å². The number of benzene rings is 3. The van der Waals surface area contributed by atoms with Gasteiger partial charge in [-0.1, -0.05) is 60.7 Å². The van der Waals surface area contributed by atoms with E-state index in [9.17, 15) is 33.5 Å². The molecule has 234 valence electrons. The molecular formula is C30H35N4O8PS. The fourth-order valence-corrected chi connectivity index (χ4v) is 6.83. The molecule has 14 heteroatoms. The Balaban J connectivity index is 1.47. The molecule has 6 N–H and O–H groups in total. The van der Waals surface area contributed by atoms with Gasteiger partial charge in [0.25, 0.3) is 0 Å². The molecule has 4 amide bonds. The molecule has 0 bridgehead atoms. The fourth-order valence-electron chi connectivity index (χ4n) is 4.99. The van der Waals surface area contributed by atoms with E-state index in [2.05, 4.69) is 10.6 Å². The predicted octanol–water partition coefficient (Wildman–Crippen LogP) is 2.76. The second-order valence-electron chi connectivity index (χ2n) is 10.5. The van der Waals surface area contributed by atoms with E-state index >= 15 is 0 Å². The van der Waals surface area contributed by atoms with Crippen molar-refractivity contribution in [3.8, 4) is 5.75 Å². The normalized spacial score (nSPS) is 16.5. The number of nitrogens with zero attached hydrogens (tertiary/aromatic N) is 1. The zero-order valence-corrected chi connectivity index (χ0v) is 25.5. The van der Waals surface area contributed by atoms with Gasteiger partial charge in [-0.15, -0.1) is 11.8 Å². The van der Waals surface area contributed by atoms with Crippen LogP contribution >= 0.6 is 19.4 Å². The summed E-state index contributed by atoms with van der Waals surface area (Å²) in [7, 11) is -4.38. The van der Waals surface area contributed by atoms with Gasteiger partial charge in [0.1, 0.15) is 23.9 Å². The molecule has 3 unspecified atom stereocenters. The zero-order chi connectivity index (χ0) is 31.7. The van der Waals surface area contributed by atoms with Crippen LogP contribution in [0.2, 0.25) is 0 Å². The van der Waals surface area contributed by atoms with Crippen molar-refractivity contribution in [2.24, 2.45) is 5.73 Å². The van der Waals surface area contributed by atoms with Crippen molar-refractivity contribution in [1.29, 1.82) is 0 Å². The molecule has 3 aromatic rings. The van der Waals surface area contributed by atoms with Gasteiger partial charge in [0, 0.05) is 18.7 Å². The van der Waals surface area contributed by atoms with Crippen LogP contribution in [0.5, 0.6) is 5.75 Å². The number of amides is 4. The van der Waals surface area contributed by atoms with Crippen molar-refractivity contribution in [3.63, 3.8) is 0 Å². The number of para-hydroxylation sites is 1. The second kappa shape index (κ2) is 15.2. The Hall–Kier alpha value is -3.90. The Morgan fingerprint density at radius 1 is 0.955 bits per heavy atom. The molecule has 44 heavy (non-hydrogen) atoms. The van der Waals surface area contributed by atoms with Crippen LogP contribution in [0.3, 0.4) is 0 Å². The molecule has 0 radical (unpaired) electrons. The summed E-state index contributed by atoms with van der Waals surface area (Å²) in [6, 6.07) is 18.4. The average molecular weight is 643 g/mol. The number of carbonyl (C=O) groups excluding carboxylic acids is 4. The lowest BCUT2D eigenvalue weighted by Crippen LogP contribution is -2.60. The third-order valence-corrected chi connectivity index (χ3v) is 9.73. The minimum Gasteiger partial charge on any atom is -0.410 e. The number of nitrogens with two attached hydrogens (primary N) is 1. The SMILES string of the molecule is NC(=O)C(Cc1ccc2ccccc2c1)NC(=O)C1CCCCN1C(=O)C(CSCP(=O)(O)O)NC(=O)Oc1ccccc1. The maximum absolute atomic E-state index is 13.8. The van der Waals surface area contributed by atoms with Crippen LogP contribution in [0.1, 0.15) is 24.8 Å². The van der Waals surface area contributed by atoms with Crippen LogP contribution in [0.25, 0.3) is 10.8 Å². The van der Waals surface area contributed by atoms with E-state index in [1.165, 1.54) is 4.90 Å². The highest BCUT2D eigenvalue weighted by atomic mass is 32.2. The first-order valence-corrected chi connectivity index (χ1v) is 17.0. The number of thioether (sulfide) groups is 1. The minimum atomic E-state index is -4.38. The van der Waals surface area contributed by atoms with Crippen LogP contribution in [0.15, 0.2) is 72.8 Å². The molecule has 4 rings (SSSR count). The van der Waals surface area contributed by atoms with Crippen LogP contribution in [0.4, 0.5) is 4.79 Å². The molecule has 1 saturated heterocycles. The Bertz CT molecular complexity index is 1540. The molecule has 12 nitrogen and oxygen atoms in total. The van der Waals surface area contributed by atoms with Gasteiger partial charge in [-0.2, -0.15) is 0 Å². The number of primary amides is 1. The maximum Gasteiger partial charge on any atom is 0.413 e. The highest BCUT2D eigenvalue weighted by Gasteiger charge is 2.37. The van der Waals surface area contributed by atoms with E-state index in [1.807, 2.05) is 42.5 Å². The summed E-state index contributed by atoms with van der Waals surface area (Å²) in [6.07, 6.45) is 0.780. The van der Waals surface area contributed by atoms with E-state index in [-0.39, 0.29) is 24.5 Å². The highest BCUT2D eigenvalue weighted by molar-refractivity contribution is 8.04. The molecule has 0 aromatic heterocycles. The summed E-state index contributed by atoms with van der Waals surface area (Å²) in [5, 5.41) is 7.20. The number of fused-ring (bicyclic) bond motifs is 1. The third-order valence-electron chi connectivity index (χ3n) is 7.09. The summed E-state index contributed by atoms with van der Waals surface area (Å²) in [6.45, 7) is 0.206. The van der Waals surface area contributed by atoms with E-state index in [1.54, 1.807) is 30.3 Å². The fraction of sp³-hybridized carbons (Fsp3) is 0.333. The minimum absolute atomic E-state index is 0.154. The number of hydrogen-bond donors (Lipinski definition) is 5. The standard InChI is InChI=1S/C30H35N4O8PS/c31-27(35)24(17-20-13-14-21-8-4-5-9-22(21)16-20)32-28(36)26-12-6-7-15-34(26)29(37)25(18-44-19-43(39,40)41)33-30(38)42-23-10-2-1-3-11-23/h1-5,8-11,13-14,16,24-26H,6-7,12,15,17-19H2,(H2,31,35)(H,32,36)(H,33,38)(H2,39,40,41). The first kappa shape index (κ1) is 33.0. The van der Waals surface area contributed by atoms with Gasteiger partial charge < -0.3 is 35.8 Å². The van der Waals surface area contributed by atoms with Crippen LogP contribution in [-0.4, -0.2) is 74.4 Å². The van der Waals surface area contributed by atoms with Gasteiger partial charge in [-0.05, 0) is 47.7 Å². The lowest BCUT2D eigenvalue weighted by Gasteiger charge is -2.37. The largest absolute Gasteiger partial charge is 0.413 e. The third kappa shape index (κ3) is 9.55. The summed E-state index contributed by atoms with van der Waals surface area (Å²) in [5.74, 6) is -1.84. The van der Waals surface area contributed by atoms with Crippen LogP contribution < -0.4 is 21.1 Å². The van der Waals surface area contributed by atoms with Crippen molar-refractivity contribution in [1.82, 2.24) is 15.5 Å². The van der Waals surface area contributed by atoms with Crippen molar-refractivity contribution in [2.75, 3.05) is 17.8 Å². The summed E-state index contributed by atoms with van der Waals surface area (Å²) in [5.41, 5.74) is 5.90. The van der Waals surface area contributed by atoms with Crippen molar-refractivity contribution in [3.05, 3.63) is 78.4 Å². The first-order valence-electron chi connectivity index (χ1n) is 14.0. The summed E-state index contributed by atoms with van der Waals surface area (Å²) >= 11 is 0.792. The van der Waals surface area contributed by atoms with E-state index < -0.39 is 55.0 Å². The molecule has 3 atom stereocenters. The monoisotopic (exact) mass is 642 g/mol. The Labute approximate surface area is 258 Å². The van der Waals surface area contributed by atoms with Crippen LogP contribution in [-0.2, 0) is 25.4 Å². The number of rotatable bonds is 12. The molecule has 0 spiro atoms. The summed E-state index contributed by atoms with van der Waals surface area (Å²) in [4.78, 5) is 72.2. The van der Waals surface area contributed by atoms with Gasteiger partial charge in [0.2, 0.25) is 17.7 Å². The van der Waals surface area contributed by atoms with E-state index in [0.29, 0.717) is 19.3 Å². The van der Waals surface area contributed by atoms with Gasteiger partial charge >= 0.3 is 13.7 Å². The topological polar surface area (TPSA) is 188 Å². The van der Waals surface area contributed by atoms with Gasteiger partial charge in [0.15, 0.2) is 0 Å². The molecule has 3 aromatic carbocycles. The molecule has 1 aliphatic rings. The molecule has 1 fully saturated rings. The Morgan fingerprint density at radius 2 is 1.66 bits per heavy atom. The van der Waals surface area contributed by atoms with Crippen LogP contribution in [0, 0.1) is 0 Å². The van der Waals surface area contributed by atoms with Crippen molar-refractivity contribution < 1.29 is 38.3 Å². The average Bonchev–Trinajstić information content (AvgIpc) is 2.99.